The summed E-state index contributed by atoms with van der Waals surface area (Å²) in [6.07, 6.45) is 4.40. The van der Waals surface area contributed by atoms with Gasteiger partial charge in [-0.1, -0.05) is 25.1 Å². The smallest absolute Gasteiger partial charge is 0.0610 e. The van der Waals surface area contributed by atoms with E-state index in [2.05, 4.69) is 62.3 Å². The molecule has 21 heavy (non-hydrogen) atoms. The number of para-hydroxylation sites is 1. The largest absolute Gasteiger partial charge is 0.394 e. The van der Waals surface area contributed by atoms with Gasteiger partial charge in [0.25, 0.3) is 0 Å². The minimum absolute atomic E-state index is 0.128. The molecule has 0 bridgehead atoms. The van der Waals surface area contributed by atoms with Crippen LogP contribution in [0.4, 0.5) is 5.69 Å². The average Bonchev–Trinajstić information content (AvgIpc) is 2.50. The molecule has 3 heteroatoms. The molecule has 0 aliphatic rings. The van der Waals surface area contributed by atoms with Crippen molar-refractivity contribution in [1.29, 1.82) is 0 Å². The van der Waals surface area contributed by atoms with Crippen molar-refractivity contribution in [2.45, 2.75) is 52.0 Å². The van der Waals surface area contributed by atoms with Crippen molar-refractivity contribution in [3.8, 4) is 0 Å². The molecule has 120 valence electrons. The van der Waals surface area contributed by atoms with E-state index in [1.165, 1.54) is 11.3 Å². The van der Waals surface area contributed by atoms with Crippen molar-refractivity contribution >= 4 is 5.69 Å². The molecule has 2 N–H and O–H groups in total. The van der Waals surface area contributed by atoms with E-state index in [4.69, 9.17) is 0 Å². The summed E-state index contributed by atoms with van der Waals surface area (Å²) in [7, 11) is 2.16. The second-order valence-corrected chi connectivity index (χ2v) is 6.31. The summed E-state index contributed by atoms with van der Waals surface area (Å²) in [5.41, 5.74) is 2.51. The van der Waals surface area contributed by atoms with E-state index >= 15 is 0 Å². The lowest BCUT2D eigenvalue weighted by Crippen LogP contribution is -2.46. The van der Waals surface area contributed by atoms with Crippen LogP contribution in [0.5, 0.6) is 0 Å². The first-order chi connectivity index (χ1) is 10.0. The molecular weight excluding hydrogens is 260 g/mol. The molecule has 3 nitrogen and oxygen atoms in total. The molecule has 0 spiro atoms. The third-order valence-corrected chi connectivity index (χ3v) is 4.15. The van der Waals surface area contributed by atoms with Crippen LogP contribution in [0, 0.1) is 6.92 Å². The number of aliphatic hydroxyl groups is 1. The monoisotopic (exact) mass is 292 g/mol. The molecule has 0 aliphatic carbocycles. The molecule has 1 unspecified atom stereocenters. The summed E-state index contributed by atoms with van der Waals surface area (Å²) in [6.45, 7) is 8.67. The van der Waals surface area contributed by atoms with Gasteiger partial charge in [0.15, 0.2) is 0 Å². The van der Waals surface area contributed by atoms with Gasteiger partial charge in [-0.2, -0.15) is 0 Å². The van der Waals surface area contributed by atoms with Crippen molar-refractivity contribution in [3.05, 3.63) is 29.8 Å². The molecule has 0 radical (unpaired) electrons. The molecule has 0 aliphatic heterocycles. The first-order valence-electron chi connectivity index (χ1n) is 8.15. The lowest BCUT2D eigenvalue weighted by atomic mass is 9.95. The SMILES string of the molecule is CCCNC(C)(CO)CCCCN(C)c1ccccc1C. The van der Waals surface area contributed by atoms with Crippen LogP contribution >= 0.6 is 0 Å². The number of unbranched alkanes of at least 4 members (excludes halogenated alkanes) is 1. The quantitative estimate of drug-likeness (QED) is 0.649. The third kappa shape index (κ3) is 6.06. The van der Waals surface area contributed by atoms with E-state index in [1.807, 2.05) is 0 Å². The highest BCUT2D eigenvalue weighted by atomic mass is 16.3. The predicted molar refractivity (Wildman–Crippen MR) is 92.1 cm³/mol. The van der Waals surface area contributed by atoms with E-state index in [0.29, 0.717) is 0 Å². The van der Waals surface area contributed by atoms with Crippen LogP contribution < -0.4 is 10.2 Å². The standard InChI is InChI=1S/C18H32N2O/c1-5-13-19-18(3,15-21)12-8-9-14-20(4)17-11-7-6-10-16(17)2/h6-7,10-11,19,21H,5,8-9,12-15H2,1-4H3. The summed E-state index contributed by atoms with van der Waals surface area (Å²) in [5, 5.41) is 13.0. The highest BCUT2D eigenvalue weighted by Gasteiger charge is 2.21. The van der Waals surface area contributed by atoms with Crippen molar-refractivity contribution in [2.75, 3.05) is 31.6 Å². The summed E-state index contributed by atoms with van der Waals surface area (Å²) in [5.74, 6) is 0. The third-order valence-electron chi connectivity index (χ3n) is 4.15. The van der Waals surface area contributed by atoms with E-state index < -0.39 is 0 Å². The molecule has 1 aromatic rings. The Labute approximate surface area is 130 Å². The molecule has 1 rings (SSSR count). The highest BCUT2D eigenvalue weighted by molar-refractivity contribution is 5.52. The molecular formula is C18H32N2O. The zero-order chi connectivity index (χ0) is 15.7. The number of aliphatic hydroxyl groups excluding tert-OH is 1. The number of benzene rings is 1. The second-order valence-electron chi connectivity index (χ2n) is 6.31. The number of hydrogen-bond donors (Lipinski definition) is 2. The molecule has 1 aromatic carbocycles. The number of nitrogens with one attached hydrogen (secondary N) is 1. The minimum Gasteiger partial charge on any atom is -0.394 e. The van der Waals surface area contributed by atoms with Gasteiger partial charge in [-0.05, 0) is 57.7 Å². The normalized spacial score (nSPS) is 14.0. The number of anilines is 1. The Bertz CT molecular complexity index is 408. The molecule has 0 aromatic heterocycles. The minimum atomic E-state index is -0.128. The highest BCUT2D eigenvalue weighted by Crippen LogP contribution is 2.19. The fourth-order valence-corrected chi connectivity index (χ4v) is 2.63. The Morgan fingerprint density at radius 3 is 2.57 bits per heavy atom. The second kappa shape index (κ2) is 9.06. The zero-order valence-corrected chi connectivity index (χ0v) is 14.2. The predicted octanol–water partition coefficient (Wildman–Crippen LogP) is 3.35. The lowest BCUT2D eigenvalue weighted by Gasteiger charge is -2.29. The van der Waals surface area contributed by atoms with Crippen LogP contribution in [-0.4, -0.2) is 37.4 Å². The van der Waals surface area contributed by atoms with Crippen LogP contribution in [-0.2, 0) is 0 Å². The molecule has 0 saturated carbocycles. The number of hydrogen-bond acceptors (Lipinski definition) is 3. The van der Waals surface area contributed by atoms with E-state index in [1.54, 1.807) is 0 Å². The van der Waals surface area contributed by atoms with Crippen LogP contribution in [0.15, 0.2) is 24.3 Å². The Kier molecular flexibility index (Phi) is 7.76. The summed E-state index contributed by atoms with van der Waals surface area (Å²) in [4.78, 5) is 2.32. The molecule has 1 atom stereocenters. The van der Waals surface area contributed by atoms with E-state index in [0.717, 1.165) is 38.8 Å². The van der Waals surface area contributed by atoms with E-state index in [9.17, 15) is 5.11 Å². The van der Waals surface area contributed by atoms with Crippen LogP contribution in [0.1, 0.15) is 45.1 Å². The fraction of sp³-hybridized carbons (Fsp3) is 0.667. The van der Waals surface area contributed by atoms with Gasteiger partial charge in [0.05, 0.1) is 6.61 Å². The van der Waals surface area contributed by atoms with Gasteiger partial charge in [-0.15, -0.1) is 0 Å². The molecule has 0 heterocycles. The number of nitrogens with zero attached hydrogens (tertiary/aromatic N) is 1. The van der Waals surface area contributed by atoms with Crippen molar-refractivity contribution in [2.24, 2.45) is 0 Å². The lowest BCUT2D eigenvalue weighted by molar-refractivity contribution is 0.163. The Morgan fingerprint density at radius 1 is 1.24 bits per heavy atom. The average molecular weight is 292 g/mol. The topological polar surface area (TPSA) is 35.5 Å². The van der Waals surface area contributed by atoms with Gasteiger partial charge in [-0.3, -0.25) is 0 Å². The maximum absolute atomic E-state index is 9.56. The fourth-order valence-electron chi connectivity index (χ4n) is 2.63. The van der Waals surface area contributed by atoms with Crippen LogP contribution in [0.2, 0.25) is 0 Å². The summed E-state index contributed by atoms with van der Waals surface area (Å²) in [6, 6.07) is 8.51. The summed E-state index contributed by atoms with van der Waals surface area (Å²) >= 11 is 0. The number of rotatable bonds is 10. The van der Waals surface area contributed by atoms with Gasteiger partial charge in [-0.25, -0.2) is 0 Å². The first-order valence-corrected chi connectivity index (χ1v) is 8.15. The van der Waals surface area contributed by atoms with Crippen molar-refractivity contribution in [3.63, 3.8) is 0 Å². The van der Waals surface area contributed by atoms with Gasteiger partial charge in [0, 0.05) is 24.8 Å². The van der Waals surface area contributed by atoms with Gasteiger partial charge in [0.2, 0.25) is 0 Å². The molecule has 0 amide bonds. The van der Waals surface area contributed by atoms with Crippen LogP contribution in [0.25, 0.3) is 0 Å². The Morgan fingerprint density at radius 2 is 1.95 bits per heavy atom. The number of aryl methyl sites for hydroxylation is 1. The Hall–Kier alpha value is -1.06. The first kappa shape index (κ1) is 18.0. The maximum atomic E-state index is 9.56. The van der Waals surface area contributed by atoms with Gasteiger partial charge in [0.1, 0.15) is 0 Å². The van der Waals surface area contributed by atoms with Crippen molar-refractivity contribution in [1.82, 2.24) is 5.32 Å². The Balaban J connectivity index is 2.34. The zero-order valence-electron chi connectivity index (χ0n) is 14.2. The van der Waals surface area contributed by atoms with Gasteiger partial charge >= 0.3 is 0 Å². The van der Waals surface area contributed by atoms with Crippen molar-refractivity contribution < 1.29 is 5.11 Å². The van der Waals surface area contributed by atoms with Crippen LogP contribution in [0.3, 0.4) is 0 Å². The van der Waals surface area contributed by atoms with E-state index in [-0.39, 0.29) is 12.1 Å². The molecule has 0 fully saturated rings. The molecule has 0 saturated heterocycles. The van der Waals surface area contributed by atoms with Gasteiger partial charge < -0.3 is 15.3 Å². The maximum Gasteiger partial charge on any atom is 0.0610 e. The summed E-state index contributed by atoms with van der Waals surface area (Å²) < 4.78 is 0.